The maximum Gasteiger partial charge on any atom is 0.251 e. The fraction of sp³-hybridized carbons (Fsp3) is 0.300. The van der Waals surface area contributed by atoms with Gasteiger partial charge in [0.25, 0.3) is 5.91 Å². The number of carbonyl (C=O) groups excluding carboxylic acids is 2. The highest BCUT2D eigenvalue weighted by Crippen LogP contribution is 2.21. The second kappa shape index (κ2) is 7.91. The fourth-order valence-electron chi connectivity index (χ4n) is 2.53. The lowest BCUT2D eigenvalue weighted by Crippen LogP contribution is -2.26. The molecule has 1 fully saturated rings. The quantitative estimate of drug-likeness (QED) is 0.715. The maximum atomic E-state index is 12.2. The third-order valence-corrected chi connectivity index (χ3v) is 4.21. The monoisotopic (exact) mass is 353 g/mol. The number of hydrogen-bond acceptors (Lipinski definition) is 4. The summed E-state index contributed by atoms with van der Waals surface area (Å²) in [5, 5.41) is 8.89. The van der Waals surface area contributed by atoms with Gasteiger partial charge in [-0.25, -0.2) is 0 Å². The van der Waals surface area contributed by atoms with Gasteiger partial charge in [0.05, 0.1) is 13.7 Å². The van der Waals surface area contributed by atoms with E-state index in [4.69, 9.17) is 4.74 Å². The number of hydrogen-bond donors (Lipinski definition) is 3. The first-order valence-corrected chi connectivity index (χ1v) is 8.64. The maximum absolute atomic E-state index is 12.2. The van der Waals surface area contributed by atoms with Crippen molar-refractivity contribution in [3.63, 3.8) is 0 Å². The third kappa shape index (κ3) is 4.75. The van der Waals surface area contributed by atoms with Gasteiger partial charge in [-0.05, 0) is 49.6 Å². The van der Waals surface area contributed by atoms with Gasteiger partial charge < -0.3 is 20.7 Å². The number of aryl methyl sites for hydroxylation is 1. The van der Waals surface area contributed by atoms with Crippen molar-refractivity contribution in [3.05, 3.63) is 53.6 Å². The molecule has 2 aromatic carbocycles. The number of anilines is 2. The average molecular weight is 353 g/mol. The Labute approximate surface area is 152 Å². The minimum absolute atomic E-state index is 0.0728. The van der Waals surface area contributed by atoms with Gasteiger partial charge in [-0.2, -0.15) is 0 Å². The molecule has 1 aliphatic rings. The normalized spacial score (nSPS) is 13.0. The molecule has 2 aromatic rings. The molecule has 0 aliphatic heterocycles. The number of nitrogens with one attached hydrogen (secondary N) is 3. The van der Waals surface area contributed by atoms with Crippen molar-refractivity contribution in [1.82, 2.24) is 5.32 Å². The molecule has 136 valence electrons. The van der Waals surface area contributed by atoms with Gasteiger partial charge in [0.15, 0.2) is 0 Å². The molecule has 1 aliphatic carbocycles. The van der Waals surface area contributed by atoms with Crippen molar-refractivity contribution in [1.29, 1.82) is 0 Å². The SMILES string of the molecule is COc1cccc(NC(=O)CNc2cc(C(=O)NC3CC3)ccc2C)c1. The summed E-state index contributed by atoms with van der Waals surface area (Å²) in [4.78, 5) is 24.3. The molecule has 0 unspecified atom stereocenters. The van der Waals surface area contributed by atoms with E-state index in [0.717, 1.165) is 24.1 Å². The molecule has 0 aromatic heterocycles. The van der Waals surface area contributed by atoms with E-state index in [0.29, 0.717) is 23.0 Å². The van der Waals surface area contributed by atoms with Crippen molar-refractivity contribution in [3.8, 4) is 5.75 Å². The van der Waals surface area contributed by atoms with Crippen LogP contribution in [0.2, 0.25) is 0 Å². The summed E-state index contributed by atoms with van der Waals surface area (Å²) in [6, 6.07) is 13.0. The number of ether oxygens (including phenoxy) is 1. The molecular weight excluding hydrogens is 330 g/mol. The Morgan fingerprint density at radius 1 is 1.15 bits per heavy atom. The minimum atomic E-state index is -0.175. The molecule has 0 radical (unpaired) electrons. The van der Waals surface area contributed by atoms with E-state index in [-0.39, 0.29) is 18.4 Å². The first-order chi connectivity index (χ1) is 12.5. The van der Waals surface area contributed by atoms with E-state index in [9.17, 15) is 9.59 Å². The van der Waals surface area contributed by atoms with Gasteiger partial charge in [-0.3, -0.25) is 9.59 Å². The summed E-state index contributed by atoms with van der Waals surface area (Å²) in [5.41, 5.74) is 3.01. The van der Waals surface area contributed by atoms with E-state index >= 15 is 0 Å². The van der Waals surface area contributed by atoms with Crippen LogP contribution in [-0.2, 0) is 4.79 Å². The summed E-state index contributed by atoms with van der Waals surface area (Å²) in [5.74, 6) is 0.433. The first kappa shape index (κ1) is 17.8. The molecule has 26 heavy (non-hydrogen) atoms. The molecule has 6 nitrogen and oxygen atoms in total. The molecule has 0 spiro atoms. The Morgan fingerprint density at radius 2 is 1.96 bits per heavy atom. The standard InChI is InChI=1S/C20H23N3O3/c1-13-6-7-14(20(25)23-15-8-9-15)10-18(13)21-12-19(24)22-16-4-3-5-17(11-16)26-2/h3-7,10-11,15,21H,8-9,12H2,1-2H3,(H,22,24)(H,23,25). The predicted octanol–water partition coefficient (Wildman–Crippen LogP) is 2.95. The van der Waals surface area contributed by atoms with E-state index in [1.54, 1.807) is 31.4 Å². The lowest BCUT2D eigenvalue weighted by molar-refractivity contribution is -0.114. The van der Waals surface area contributed by atoms with Gasteiger partial charge >= 0.3 is 0 Å². The molecule has 0 heterocycles. The molecule has 2 amide bonds. The second-order valence-corrected chi connectivity index (χ2v) is 6.41. The summed E-state index contributed by atoms with van der Waals surface area (Å²) < 4.78 is 5.14. The highest BCUT2D eigenvalue weighted by atomic mass is 16.5. The number of carbonyl (C=O) groups is 2. The van der Waals surface area contributed by atoms with E-state index < -0.39 is 0 Å². The molecule has 0 saturated heterocycles. The molecular formula is C20H23N3O3. The molecule has 0 atom stereocenters. The highest BCUT2D eigenvalue weighted by molar-refractivity contribution is 5.96. The summed E-state index contributed by atoms with van der Waals surface area (Å²) in [6.07, 6.45) is 2.10. The zero-order valence-electron chi connectivity index (χ0n) is 15.0. The zero-order valence-corrected chi connectivity index (χ0v) is 15.0. The first-order valence-electron chi connectivity index (χ1n) is 8.64. The topological polar surface area (TPSA) is 79.5 Å². The van der Waals surface area contributed by atoms with E-state index in [2.05, 4.69) is 16.0 Å². The Hall–Kier alpha value is -3.02. The molecule has 0 bridgehead atoms. The smallest absolute Gasteiger partial charge is 0.251 e. The number of methoxy groups -OCH3 is 1. The van der Waals surface area contributed by atoms with Crippen LogP contribution in [0.4, 0.5) is 11.4 Å². The summed E-state index contributed by atoms with van der Waals surface area (Å²) in [7, 11) is 1.58. The second-order valence-electron chi connectivity index (χ2n) is 6.41. The molecule has 3 rings (SSSR count). The number of amides is 2. The van der Waals surface area contributed by atoms with Gasteiger partial charge in [-0.15, -0.1) is 0 Å². The summed E-state index contributed by atoms with van der Waals surface area (Å²) >= 11 is 0. The minimum Gasteiger partial charge on any atom is -0.497 e. The Kier molecular flexibility index (Phi) is 5.41. The third-order valence-electron chi connectivity index (χ3n) is 4.21. The molecule has 6 heteroatoms. The van der Waals surface area contributed by atoms with Gasteiger partial charge in [0.1, 0.15) is 5.75 Å². The average Bonchev–Trinajstić information content (AvgIpc) is 3.45. The van der Waals surface area contributed by atoms with Gasteiger partial charge in [0.2, 0.25) is 5.91 Å². The Balaban J connectivity index is 1.59. The lowest BCUT2D eigenvalue weighted by Gasteiger charge is -2.12. The predicted molar refractivity (Wildman–Crippen MR) is 102 cm³/mol. The zero-order chi connectivity index (χ0) is 18.5. The van der Waals surface area contributed by atoms with Crippen molar-refractivity contribution in [2.45, 2.75) is 25.8 Å². The van der Waals surface area contributed by atoms with Crippen molar-refractivity contribution >= 4 is 23.2 Å². The van der Waals surface area contributed by atoms with Crippen LogP contribution in [0, 0.1) is 6.92 Å². The summed E-state index contributed by atoms with van der Waals surface area (Å²) in [6.45, 7) is 2.04. The van der Waals surface area contributed by atoms with Crippen LogP contribution in [0.25, 0.3) is 0 Å². The van der Waals surface area contributed by atoms with Crippen LogP contribution in [0.1, 0.15) is 28.8 Å². The van der Waals surface area contributed by atoms with E-state index in [1.165, 1.54) is 0 Å². The fourth-order valence-corrected chi connectivity index (χ4v) is 2.53. The van der Waals surface area contributed by atoms with Crippen LogP contribution in [0.15, 0.2) is 42.5 Å². The van der Waals surface area contributed by atoms with Crippen LogP contribution >= 0.6 is 0 Å². The van der Waals surface area contributed by atoms with E-state index in [1.807, 2.05) is 25.1 Å². The Morgan fingerprint density at radius 3 is 2.69 bits per heavy atom. The van der Waals surface area contributed by atoms with Crippen LogP contribution < -0.4 is 20.7 Å². The van der Waals surface area contributed by atoms with Crippen LogP contribution in [0.5, 0.6) is 5.75 Å². The number of rotatable bonds is 7. The number of benzene rings is 2. The van der Waals surface area contributed by atoms with Crippen molar-refractivity contribution < 1.29 is 14.3 Å². The molecule has 3 N–H and O–H groups in total. The van der Waals surface area contributed by atoms with Crippen LogP contribution in [-0.4, -0.2) is 31.5 Å². The van der Waals surface area contributed by atoms with Crippen molar-refractivity contribution in [2.24, 2.45) is 0 Å². The van der Waals surface area contributed by atoms with Gasteiger partial charge in [-0.1, -0.05) is 12.1 Å². The lowest BCUT2D eigenvalue weighted by atomic mass is 10.1. The largest absolute Gasteiger partial charge is 0.497 e. The highest BCUT2D eigenvalue weighted by Gasteiger charge is 2.23. The Bertz CT molecular complexity index is 816. The molecule has 1 saturated carbocycles. The van der Waals surface area contributed by atoms with Gasteiger partial charge in [0, 0.05) is 29.0 Å². The van der Waals surface area contributed by atoms with Crippen molar-refractivity contribution in [2.75, 3.05) is 24.3 Å². The van der Waals surface area contributed by atoms with Crippen LogP contribution in [0.3, 0.4) is 0 Å².